The minimum absolute atomic E-state index is 0.142. The van der Waals surface area contributed by atoms with E-state index in [9.17, 15) is 4.79 Å². The van der Waals surface area contributed by atoms with Gasteiger partial charge in [0.05, 0.1) is 5.69 Å². The van der Waals surface area contributed by atoms with Crippen molar-refractivity contribution < 1.29 is 4.79 Å². The molecule has 1 aromatic carbocycles. The van der Waals surface area contributed by atoms with Crippen LogP contribution in [0, 0.1) is 13.8 Å². The summed E-state index contributed by atoms with van der Waals surface area (Å²) >= 11 is 0. The summed E-state index contributed by atoms with van der Waals surface area (Å²) in [6.07, 6.45) is 3.48. The van der Waals surface area contributed by atoms with E-state index in [0.29, 0.717) is 11.6 Å². The zero-order valence-corrected chi connectivity index (χ0v) is 13.2. The van der Waals surface area contributed by atoms with E-state index in [4.69, 9.17) is 0 Å². The van der Waals surface area contributed by atoms with Gasteiger partial charge in [-0.1, -0.05) is 18.2 Å². The van der Waals surface area contributed by atoms with Crippen LogP contribution in [0.5, 0.6) is 0 Å². The highest BCUT2D eigenvalue weighted by atomic mass is 16.1. The normalized spacial score (nSPS) is 10.6. The molecule has 3 aromatic rings. The monoisotopic (exact) mass is 307 g/mol. The van der Waals surface area contributed by atoms with Gasteiger partial charge in [0.25, 0.3) is 0 Å². The molecule has 0 radical (unpaired) electrons. The van der Waals surface area contributed by atoms with E-state index >= 15 is 0 Å². The Morgan fingerprint density at radius 3 is 2.35 bits per heavy atom. The lowest BCUT2D eigenvalue weighted by Crippen LogP contribution is -2.11. The number of hydrogen-bond acceptors (Lipinski definition) is 4. The lowest BCUT2D eigenvalue weighted by molar-refractivity contribution is -0.114. The molecule has 0 saturated carbocycles. The van der Waals surface area contributed by atoms with Crippen molar-refractivity contribution in [1.29, 1.82) is 0 Å². The molecular formula is C17H17N5O. The first kappa shape index (κ1) is 14.9. The molecule has 1 amide bonds. The predicted octanol–water partition coefficient (Wildman–Crippen LogP) is 2.90. The Kier molecular flexibility index (Phi) is 3.89. The maximum Gasteiger partial charge on any atom is 0.222 e. The summed E-state index contributed by atoms with van der Waals surface area (Å²) in [6.45, 7) is 5.24. The molecule has 0 unspecified atom stereocenters. The first-order valence-electron chi connectivity index (χ1n) is 7.28. The topological polar surface area (TPSA) is 72.7 Å². The van der Waals surface area contributed by atoms with Gasteiger partial charge in [0.15, 0.2) is 0 Å². The van der Waals surface area contributed by atoms with Gasteiger partial charge in [-0.2, -0.15) is 5.10 Å². The van der Waals surface area contributed by atoms with Crippen LogP contribution in [0.3, 0.4) is 0 Å². The number of rotatable bonds is 3. The van der Waals surface area contributed by atoms with E-state index in [-0.39, 0.29) is 5.91 Å². The molecule has 2 aromatic heterocycles. The smallest absolute Gasteiger partial charge is 0.222 e. The van der Waals surface area contributed by atoms with Crippen LogP contribution in [0.1, 0.15) is 18.3 Å². The molecule has 0 fully saturated rings. The van der Waals surface area contributed by atoms with Crippen molar-refractivity contribution in [2.75, 3.05) is 5.32 Å². The van der Waals surface area contributed by atoms with Crippen LogP contribution in [-0.4, -0.2) is 25.7 Å². The van der Waals surface area contributed by atoms with Crippen LogP contribution in [0.4, 0.5) is 5.82 Å². The largest absolute Gasteiger partial charge is 0.311 e. The fraction of sp³-hybridized carbons (Fsp3) is 0.176. The highest BCUT2D eigenvalue weighted by Gasteiger charge is 2.18. The Morgan fingerprint density at radius 2 is 1.74 bits per heavy atom. The second-order valence-corrected chi connectivity index (χ2v) is 5.27. The number of carbonyl (C=O) groups is 1. The fourth-order valence-corrected chi connectivity index (χ4v) is 2.35. The molecule has 6 heteroatoms. The van der Waals surface area contributed by atoms with Crippen molar-refractivity contribution in [2.24, 2.45) is 0 Å². The van der Waals surface area contributed by atoms with Crippen LogP contribution < -0.4 is 5.32 Å². The SMILES string of the molecule is CC(=O)Nc1c(C)c(-c2cnc(C)nc2)nn1-c1ccccc1. The standard InChI is InChI=1S/C17H17N5O/c1-11-16(14-9-18-12(2)19-10-14)21-22(17(11)20-13(3)23)15-7-5-4-6-8-15/h4-10H,1-3H3,(H,20,23). The van der Waals surface area contributed by atoms with Crippen LogP contribution in [-0.2, 0) is 4.79 Å². The number of nitrogens with zero attached hydrogens (tertiary/aromatic N) is 4. The molecule has 0 saturated heterocycles. The van der Waals surface area contributed by atoms with Gasteiger partial charge < -0.3 is 5.32 Å². The predicted molar refractivity (Wildman–Crippen MR) is 88.4 cm³/mol. The fourth-order valence-electron chi connectivity index (χ4n) is 2.35. The van der Waals surface area contributed by atoms with Crippen LogP contribution in [0.2, 0.25) is 0 Å². The summed E-state index contributed by atoms with van der Waals surface area (Å²) in [5.74, 6) is 1.21. The Labute approximate surface area is 134 Å². The first-order chi connectivity index (χ1) is 11.1. The summed E-state index contributed by atoms with van der Waals surface area (Å²) in [7, 11) is 0. The molecule has 0 spiro atoms. The van der Waals surface area contributed by atoms with Gasteiger partial charge in [-0.25, -0.2) is 14.6 Å². The van der Waals surface area contributed by atoms with Gasteiger partial charge in [-0.15, -0.1) is 0 Å². The maximum absolute atomic E-state index is 11.6. The quantitative estimate of drug-likeness (QED) is 0.807. The van der Waals surface area contributed by atoms with E-state index in [1.807, 2.05) is 44.2 Å². The number of aromatic nitrogens is 4. The first-order valence-corrected chi connectivity index (χ1v) is 7.28. The molecule has 2 heterocycles. The summed E-state index contributed by atoms with van der Waals surface area (Å²) in [5.41, 5.74) is 3.31. The highest BCUT2D eigenvalue weighted by Crippen LogP contribution is 2.29. The van der Waals surface area contributed by atoms with E-state index in [0.717, 1.165) is 22.5 Å². The second kappa shape index (κ2) is 6.00. The molecule has 0 aliphatic rings. The number of carbonyl (C=O) groups excluding carboxylic acids is 1. The van der Waals surface area contributed by atoms with E-state index in [1.165, 1.54) is 6.92 Å². The Hall–Kier alpha value is -3.02. The second-order valence-electron chi connectivity index (χ2n) is 5.27. The lowest BCUT2D eigenvalue weighted by Gasteiger charge is -2.08. The summed E-state index contributed by atoms with van der Waals surface area (Å²) in [6, 6.07) is 9.67. The van der Waals surface area contributed by atoms with Crippen molar-refractivity contribution in [1.82, 2.24) is 19.7 Å². The Morgan fingerprint density at radius 1 is 1.09 bits per heavy atom. The summed E-state index contributed by atoms with van der Waals surface area (Å²) in [5, 5.41) is 7.52. The molecule has 116 valence electrons. The summed E-state index contributed by atoms with van der Waals surface area (Å²) < 4.78 is 1.73. The molecule has 6 nitrogen and oxygen atoms in total. The average Bonchev–Trinajstić information content (AvgIpc) is 2.86. The number of para-hydroxylation sites is 1. The van der Waals surface area contributed by atoms with Crippen LogP contribution in [0.25, 0.3) is 16.9 Å². The number of amides is 1. The van der Waals surface area contributed by atoms with Crippen molar-refractivity contribution >= 4 is 11.7 Å². The zero-order chi connectivity index (χ0) is 16.4. The molecular weight excluding hydrogens is 290 g/mol. The van der Waals surface area contributed by atoms with Crippen molar-refractivity contribution in [2.45, 2.75) is 20.8 Å². The van der Waals surface area contributed by atoms with Crippen molar-refractivity contribution in [3.05, 3.63) is 54.1 Å². The zero-order valence-electron chi connectivity index (χ0n) is 13.2. The number of hydrogen-bond donors (Lipinski definition) is 1. The average molecular weight is 307 g/mol. The van der Waals surface area contributed by atoms with Gasteiger partial charge in [0.1, 0.15) is 17.3 Å². The van der Waals surface area contributed by atoms with Gasteiger partial charge in [-0.05, 0) is 26.0 Å². The lowest BCUT2D eigenvalue weighted by atomic mass is 10.1. The van der Waals surface area contributed by atoms with Gasteiger partial charge in [-0.3, -0.25) is 4.79 Å². The molecule has 23 heavy (non-hydrogen) atoms. The minimum atomic E-state index is -0.142. The molecule has 1 N–H and O–H groups in total. The van der Waals surface area contributed by atoms with Gasteiger partial charge >= 0.3 is 0 Å². The number of benzene rings is 1. The van der Waals surface area contributed by atoms with Crippen LogP contribution >= 0.6 is 0 Å². The third-order valence-corrected chi connectivity index (χ3v) is 3.47. The van der Waals surface area contributed by atoms with E-state index in [1.54, 1.807) is 17.1 Å². The maximum atomic E-state index is 11.6. The number of nitrogens with one attached hydrogen (secondary N) is 1. The van der Waals surface area contributed by atoms with Crippen LogP contribution in [0.15, 0.2) is 42.7 Å². The van der Waals surface area contributed by atoms with E-state index in [2.05, 4.69) is 20.4 Å². The molecule has 0 bridgehead atoms. The Bertz CT molecular complexity index is 837. The number of anilines is 1. The molecule has 3 rings (SSSR count). The minimum Gasteiger partial charge on any atom is -0.311 e. The molecule has 0 aliphatic carbocycles. The van der Waals surface area contributed by atoms with Gasteiger partial charge in [0.2, 0.25) is 5.91 Å². The van der Waals surface area contributed by atoms with Crippen molar-refractivity contribution in [3.8, 4) is 16.9 Å². The van der Waals surface area contributed by atoms with Crippen molar-refractivity contribution in [3.63, 3.8) is 0 Å². The third kappa shape index (κ3) is 2.96. The van der Waals surface area contributed by atoms with Gasteiger partial charge in [0, 0.05) is 30.4 Å². The third-order valence-electron chi connectivity index (χ3n) is 3.47. The molecule has 0 atom stereocenters. The molecule has 0 aliphatic heterocycles. The Balaban J connectivity index is 2.17. The number of aryl methyl sites for hydroxylation is 1. The highest BCUT2D eigenvalue weighted by molar-refractivity contribution is 5.90. The van der Waals surface area contributed by atoms with E-state index < -0.39 is 0 Å². The summed E-state index contributed by atoms with van der Waals surface area (Å²) in [4.78, 5) is 20.0.